The lowest BCUT2D eigenvalue weighted by Gasteiger charge is -1.88. The van der Waals surface area contributed by atoms with E-state index in [1.54, 1.807) is 17.4 Å². The highest BCUT2D eigenvalue weighted by atomic mass is 32.2. The molecule has 0 fully saturated rings. The van der Waals surface area contributed by atoms with Gasteiger partial charge in [0, 0.05) is 4.88 Å². The Morgan fingerprint density at radius 3 is 2.67 bits per heavy atom. The number of hydrogen-bond acceptors (Lipinski definition) is 2. The first-order valence-electron chi connectivity index (χ1n) is 2.42. The van der Waals surface area contributed by atoms with Gasteiger partial charge in [0.1, 0.15) is 11.0 Å². The van der Waals surface area contributed by atoms with E-state index in [0.29, 0.717) is 0 Å². The van der Waals surface area contributed by atoms with Crippen LogP contribution >= 0.6 is 11.3 Å². The maximum atomic E-state index is 10.6. The summed E-state index contributed by atoms with van der Waals surface area (Å²) in [5, 5.41) is 7.02. The van der Waals surface area contributed by atoms with Gasteiger partial charge in [0.15, 0.2) is 0 Å². The fraction of sp³-hybridized carbons (Fsp3) is 0.200. The Labute approximate surface area is 60.3 Å². The lowest BCUT2D eigenvalue weighted by Crippen LogP contribution is -2.01. The van der Waals surface area contributed by atoms with Crippen molar-refractivity contribution < 1.29 is 4.21 Å². The van der Waals surface area contributed by atoms with E-state index in [0.717, 1.165) is 9.77 Å². The summed E-state index contributed by atoms with van der Waals surface area (Å²) in [7, 11) is -1.30. The van der Waals surface area contributed by atoms with Gasteiger partial charge in [0.25, 0.3) is 0 Å². The van der Waals surface area contributed by atoms with Crippen molar-refractivity contribution in [3.05, 3.63) is 16.3 Å². The van der Waals surface area contributed by atoms with Crippen LogP contribution < -0.4 is 5.14 Å². The van der Waals surface area contributed by atoms with Crippen molar-refractivity contribution in [2.24, 2.45) is 5.14 Å². The maximum Gasteiger partial charge on any atom is 0.123 e. The predicted molar refractivity (Wildman–Crippen MR) is 39.7 cm³/mol. The van der Waals surface area contributed by atoms with Crippen molar-refractivity contribution in [2.75, 3.05) is 0 Å². The van der Waals surface area contributed by atoms with Gasteiger partial charge in [-0.05, 0) is 18.4 Å². The molecule has 0 spiro atoms. The fourth-order valence-corrected chi connectivity index (χ4v) is 2.14. The highest BCUT2D eigenvalue weighted by Gasteiger charge is 2.01. The van der Waals surface area contributed by atoms with Crippen LogP contribution in [0.25, 0.3) is 0 Å². The Morgan fingerprint density at radius 1 is 1.78 bits per heavy atom. The Bertz CT molecular complexity index is 231. The average molecular weight is 161 g/mol. The topological polar surface area (TPSA) is 43.1 Å². The number of nitrogens with two attached hydrogens (primary N) is 1. The van der Waals surface area contributed by atoms with Crippen LogP contribution in [0.3, 0.4) is 0 Å². The summed E-state index contributed by atoms with van der Waals surface area (Å²) in [6.07, 6.45) is 0. The third-order valence-electron chi connectivity index (χ3n) is 1.03. The largest absolute Gasteiger partial charge is 0.248 e. The van der Waals surface area contributed by atoms with E-state index in [2.05, 4.69) is 0 Å². The molecule has 4 heteroatoms. The lowest BCUT2D eigenvalue weighted by molar-refractivity contribution is 0.684. The second-order valence-electron chi connectivity index (χ2n) is 1.64. The Hall–Kier alpha value is -0.190. The van der Waals surface area contributed by atoms with Crippen LogP contribution in [0.4, 0.5) is 0 Å². The van der Waals surface area contributed by atoms with E-state index in [9.17, 15) is 4.21 Å². The van der Waals surface area contributed by atoms with Gasteiger partial charge in [-0.2, -0.15) is 0 Å². The Morgan fingerprint density at radius 2 is 2.44 bits per heavy atom. The van der Waals surface area contributed by atoms with Crippen molar-refractivity contribution in [1.82, 2.24) is 0 Å². The SMILES string of the molecule is Cc1sccc1S(N)=O. The molecule has 1 atom stereocenters. The van der Waals surface area contributed by atoms with E-state index >= 15 is 0 Å². The van der Waals surface area contributed by atoms with E-state index in [-0.39, 0.29) is 0 Å². The minimum Gasteiger partial charge on any atom is -0.248 e. The van der Waals surface area contributed by atoms with Crippen LogP contribution in [-0.4, -0.2) is 4.21 Å². The van der Waals surface area contributed by atoms with Crippen LogP contribution in [0.5, 0.6) is 0 Å². The molecule has 9 heavy (non-hydrogen) atoms. The van der Waals surface area contributed by atoms with Crippen LogP contribution in [0.1, 0.15) is 4.88 Å². The first-order valence-corrected chi connectivity index (χ1v) is 4.51. The molecule has 0 saturated heterocycles. The molecule has 0 aliphatic carbocycles. The summed E-state index contributed by atoms with van der Waals surface area (Å²) < 4.78 is 10.6. The molecule has 0 bridgehead atoms. The first kappa shape index (κ1) is 6.92. The quantitative estimate of drug-likeness (QED) is 0.657. The molecule has 2 N–H and O–H groups in total. The molecular weight excluding hydrogens is 154 g/mol. The minimum atomic E-state index is -1.30. The summed E-state index contributed by atoms with van der Waals surface area (Å²) in [6, 6.07) is 1.79. The van der Waals surface area contributed by atoms with Gasteiger partial charge in [-0.25, -0.2) is 9.35 Å². The number of thiophene rings is 1. The van der Waals surface area contributed by atoms with E-state index in [4.69, 9.17) is 5.14 Å². The monoisotopic (exact) mass is 161 g/mol. The highest BCUT2D eigenvalue weighted by Crippen LogP contribution is 2.16. The molecule has 0 aliphatic rings. The Kier molecular flexibility index (Phi) is 2.00. The normalized spacial score (nSPS) is 13.6. The molecule has 2 nitrogen and oxygen atoms in total. The van der Waals surface area contributed by atoms with Crippen molar-refractivity contribution in [2.45, 2.75) is 11.8 Å². The van der Waals surface area contributed by atoms with E-state index in [1.807, 2.05) is 12.3 Å². The van der Waals surface area contributed by atoms with Gasteiger partial charge in [-0.15, -0.1) is 11.3 Å². The van der Waals surface area contributed by atoms with Crippen LogP contribution in [-0.2, 0) is 11.0 Å². The summed E-state index contributed by atoms with van der Waals surface area (Å²) in [5.41, 5.74) is 0. The highest BCUT2D eigenvalue weighted by molar-refractivity contribution is 7.82. The van der Waals surface area contributed by atoms with Crippen LogP contribution in [0.15, 0.2) is 16.3 Å². The summed E-state index contributed by atoms with van der Waals surface area (Å²) in [6.45, 7) is 1.91. The second kappa shape index (κ2) is 2.60. The molecule has 1 heterocycles. The van der Waals surface area contributed by atoms with Gasteiger partial charge in [-0.1, -0.05) is 0 Å². The van der Waals surface area contributed by atoms with Gasteiger partial charge in [0.05, 0.1) is 4.90 Å². The van der Waals surface area contributed by atoms with Gasteiger partial charge < -0.3 is 0 Å². The zero-order valence-electron chi connectivity index (χ0n) is 4.96. The van der Waals surface area contributed by atoms with Crippen molar-refractivity contribution in [3.63, 3.8) is 0 Å². The van der Waals surface area contributed by atoms with Crippen molar-refractivity contribution in [1.29, 1.82) is 0 Å². The molecule has 1 unspecified atom stereocenters. The molecule has 1 aromatic heterocycles. The zero-order valence-corrected chi connectivity index (χ0v) is 6.59. The van der Waals surface area contributed by atoms with Crippen LogP contribution in [0.2, 0.25) is 0 Å². The molecule has 0 radical (unpaired) electrons. The summed E-state index contributed by atoms with van der Waals surface area (Å²) in [5.74, 6) is 0. The summed E-state index contributed by atoms with van der Waals surface area (Å²) in [4.78, 5) is 1.79. The second-order valence-corrected chi connectivity index (χ2v) is 3.79. The number of aryl methyl sites for hydroxylation is 1. The molecule has 0 saturated carbocycles. The number of hydrogen-bond donors (Lipinski definition) is 1. The zero-order chi connectivity index (χ0) is 6.85. The average Bonchev–Trinajstić information content (AvgIpc) is 2.13. The standard InChI is InChI=1S/C5H7NOS2/c1-4-5(9(6)7)2-3-8-4/h2-3H,6H2,1H3. The van der Waals surface area contributed by atoms with Crippen LogP contribution in [0, 0.1) is 6.92 Å². The first-order chi connectivity index (χ1) is 4.22. The van der Waals surface area contributed by atoms with Gasteiger partial charge >= 0.3 is 0 Å². The van der Waals surface area contributed by atoms with Crippen molar-refractivity contribution in [3.8, 4) is 0 Å². The Balaban J connectivity index is 3.08. The molecule has 1 rings (SSSR count). The molecule has 0 amide bonds. The van der Waals surface area contributed by atoms with Crippen molar-refractivity contribution >= 4 is 22.3 Å². The van der Waals surface area contributed by atoms with Gasteiger partial charge in [0.2, 0.25) is 0 Å². The molecule has 0 aliphatic heterocycles. The fourth-order valence-electron chi connectivity index (χ4n) is 0.582. The predicted octanol–water partition coefficient (Wildman–Crippen LogP) is 1.04. The van der Waals surface area contributed by atoms with Gasteiger partial charge in [-0.3, -0.25) is 0 Å². The third kappa shape index (κ3) is 1.38. The molecule has 1 aromatic rings. The molecular formula is C5H7NOS2. The lowest BCUT2D eigenvalue weighted by atomic mass is 10.5. The minimum absolute atomic E-state index is 0.750. The molecule has 0 aromatic carbocycles. The summed E-state index contributed by atoms with van der Waals surface area (Å²) >= 11 is 1.56. The third-order valence-corrected chi connectivity index (χ3v) is 2.88. The maximum absolute atomic E-state index is 10.6. The molecule has 50 valence electrons. The smallest absolute Gasteiger partial charge is 0.123 e. The van der Waals surface area contributed by atoms with E-state index < -0.39 is 11.0 Å². The van der Waals surface area contributed by atoms with E-state index in [1.165, 1.54) is 0 Å². The number of rotatable bonds is 1.